The molecule has 0 saturated carbocycles. The number of hydrogen-bond acceptors (Lipinski definition) is 3. The van der Waals surface area contributed by atoms with E-state index in [4.69, 9.17) is 0 Å². The largest absolute Gasteiger partial charge is 0.369 e. The highest BCUT2D eigenvalue weighted by atomic mass is 15.3. The molecule has 23 heavy (non-hydrogen) atoms. The molecule has 1 radical (unpaired) electrons. The predicted octanol–water partition coefficient (Wildman–Crippen LogP) is 2.79. The van der Waals surface area contributed by atoms with Gasteiger partial charge in [0, 0.05) is 51.0 Å². The Kier molecular flexibility index (Phi) is 5.67. The van der Waals surface area contributed by atoms with Crippen LogP contribution in [0.3, 0.4) is 0 Å². The van der Waals surface area contributed by atoms with Gasteiger partial charge < -0.3 is 10.2 Å². The van der Waals surface area contributed by atoms with Gasteiger partial charge in [0.05, 0.1) is 0 Å². The van der Waals surface area contributed by atoms with E-state index in [1.54, 1.807) is 0 Å². The molecule has 3 rings (SSSR count). The van der Waals surface area contributed by atoms with E-state index >= 15 is 0 Å². The lowest BCUT2D eigenvalue weighted by molar-refractivity contribution is 0.193. The zero-order valence-corrected chi connectivity index (χ0v) is 13.9. The minimum Gasteiger partial charge on any atom is -0.369 e. The number of hydrogen-bond donors (Lipinski definition) is 1. The minimum atomic E-state index is 0.566. The monoisotopic (exact) mass is 308 g/mol. The van der Waals surface area contributed by atoms with Crippen molar-refractivity contribution in [2.45, 2.75) is 19.5 Å². The molecule has 1 fully saturated rings. The SMILES string of the molecule is CC(CNCc1[c]cccc1)N1CCN(c2ccccc2)CC1. The van der Waals surface area contributed by atoms with E-state index in [2.05, 4.69) is 70.6 Å². The Morgan fingerprint density at radius 1 is 1.00 bits per heavy atom. The van der Waals surface area contributed by atoms with Crippen LogP contribution >= 0.6 is 0 Å². The molecule has 121 valence electrons. The summed E-state index contributed by atoms with van der Waals surface area (Å²) in [5.41, 5.74) is 2.58. The molecule has 1 atom stereocenters. The van der Waals surface area contributed by atoms with Crippen LogP contribution in [0, 0.1) is 6.07 Å². The summed E-state index contributed by atoms with van der Waals surface area (Å²) >= 11 is 0. The second kappa shape index (κ2) is 8.14. The van der Waals surface area contributed by atoms with E-state index in [0.29, 0.717) is 6.04 Å². The van der Waals surface area contributed by atoms with Gasteiger partial charge in [-0.2, -0.15) is 0 Å². The van der Waals surface area contributed by atoms with Crippen molar-refractivity contribution >= 4 is 5.69 Å². The van der Waals surface area contributed by atoms with Crippen LogP contribution in [-0.4, -0.2) is 43.7 Å². The van der Waals surface area contributed by atoms with Gasteiger partial charge in [0.2, 0.25) is 0 Å². The zero-order valence-electron chi connectivity index (χ0n) is 13.9. The molecule has 1 aliphatic heterocycles. The highest BCUT2D eigenvalue weighted by molar-refractivity contribution is 5.46. The van der Waals surface area contributed by atoms with Crippen molar-refractivity contribution in [3.8, 4) is 0 Å². The Morgan fingerprint density at radius 3 is 2.43 bits per heavy atom. The molecule has 2 aromatic carbocycles. The first-order chi connectivity index (χ1) is 11.3. The van der Waals surface area contributed by atoms with Crippen molar-refractivity contribution in [3.63, 3.8) is 0 Å². The molecule has 1 saturated heterocycles. The fraction of sp³-hybridized carbons (Fsp3) is 0.400. The van der Waals surface area contributed by atoms with Crippen molar-refractivity contribution in [1.82, 2.24) is 10.2 Å². The summed E-state index contributed by atoms with van der Waals surface area (Å²) in [6.07, 6.45) is 0. The normalized spacial score (nSPS) is 17.2. The van der Waals surface area contributed by atoms with Gasteiger partial charge in [-0.05, 0) is 30.7 Å². The topological polar surface area (TPSA) is 18.5 Å². The van der Waals surface area contributed by atoms with Gasteiger partial charge in [0.15, 0.2) is 0 Å². The standard InChI is InChI=1S/C20H26N3/c1-18(16-21-17-19-8-4-2-5-9-19)22-12-14-23(15-13-22)20-10-6-3-7-11-20/h2-8,10-11,18,21H,12-17H2,1H3. The van der Waals surface area contributed by atoms with Crippen LogP contribution < -0.4 is 10.2 Å². The number of anilines is 1. The molecule has 1 aliphatic rings. The first kappa shape index (κ1) is 16.0. The van der Waals surface area contributed by atoms with E-state index in [1.807, 2.05) is 12.1 Å². The summed E-state index contributed by atoms with van der Waals surface area (Å²) in [7, 11) is 0. The lowest BCUT2D eigenvalue weighted by atomic mass is 10.2. The number of nitrogens with one attached hydrogen (secondary N) is 1. The van der Waals surface area contributed by atoms with Gasteiger partial charge in [-0.1, -0.05) is 42.5 Å². The van der Waals surface area contributed by atoms with Gasteiger partial charge in [-0.15, -0.1) is 0 Å². The quantitative estimate of drug-likeness (QED) is 0.885. The molecule has 1 N–H and O–H groups in total. The molecule has 0 spiro atoms. The summed E-state index contributed by atoms with van der Waals surface area (Å²) in [5, 5.41) is 3.56. The maximum Gasteiger partial charge on any atom is 0.0367 e. The van der Waals surface area contributed by atoms with E-state index in [-0.39, 0.29) is 0 Å². The number of piperazine rings is 1. The molecule has 1 unspecified atom stereocenters. The van der Waals surface area contributed by atoms with Crippen molar-refractivity contribution in [3.05, 3.63) is 66.2 Å². The van der Waals surface area contributed by atoms with E-state index < -0.39 is 0 Å². The highest BCUT2D eigenvalue weighted by Crippen LogP contribution is 2.16. The van der Waals surface area contributed by atoms with Crippen molar-refractivity contribution in [2.75, 3.05) is 37.6 Å². The van der Waals surface area contributed by atoms with Crippen LogP contribution in [0.25, 0.3) is 0 Å². The first-order valence-corrected chi connectivity index (χ1v) is 8.53. The smallest absolute Gasteiger partial charge is 0.0367 e. The summed E-state index contributed by atoms with van der Waals surface area (Å²) in [4.78, 5) is 5.07. The molecule has 0 bridgehead atoms. The van der Waals surface area contributed by atoms with Crippen LogP contribution in [-0.2, 0) is 6.54 Å². The van der Waals surface area contributed by atoms with Gasteiger partial charge in [-0.3, -0.25) is 4.90 Å². The minimum absolute atomic E-state index is 0.566. The molecule has 3 heteroatoms. The Bertz CT molecular complexity index is 562. The van der Waals surface area contributed by atoms with Crippen LogP contribution in [0.1, 0.15) is 12.5 Å². The van der Waals surface area contributed by atoms with Crippen LogP contribution in [0.2, 0.25) is 0 Å². The third-order valence-electron chi connectivity index (χ3n) is 4.59. The third kappa shape index (κ3) is 4.57. The van der Waals surface area contributed by atoms with Gasteiger partial charge in [0.1, 0.15) is 0 Å². The Morgan fingerprint density at radius 2 is 1.74 bits per heavy atom. The molecule has 3 nitrogen and oxygen atoms in total. The summed E-state index contributed by atoms with van der Waals surface area (Å²) in [6, 6.07) is 22.7. The highest BCUT2D eigenvalue weighted by Gasteiger charge is 2.20. The molecule has 2 aromatic rings. The lowest BCUT2D eigenvalue weighted by Crippen LogP contribution is -2.51. The molecule has 0 aromatic heterocycles. The second-order valence-electron chi connectivity index (χ2n) is 6.23. The maximum absolute atomic E-state index is 3.56. The number of benzene rings is 2. The van der Waals surface area contributed by atoms with Gasteiger partial charge in [0.25, 0.3) is 0 Å². The predicted molar refractivity (Wildman–Crippen MR) is 96.7 cm³/mol. The van der Waals surface area contributed by atoms with Crippen LogP contribution in [0.5, 0.6) is 0 Å². The zero-order chi connectivity index (χ0) is 15.9. The Hall–Kier alpha value is -1.84. The first-order valence-electron chi connectivity index (χ1n) is 8.53. The van der Waals surface area contributed by atoms with Crippen molar-refractivity contribution in [1.29, 1.82) is 0 Å². The van der Waals surface area contributed by atoms with E-state index in [9.17, 15) is 0 Å². The molecule has 0 amide bonds. The second-order valence-corrected chi connectivity index (χ2v) is 6.23. The van der Waals surface area contributed by atoms with Gasteiger partial charge >= 0.3 is 0 Å². The number of para-hydroxylation sites is 1. The summed E-state index contributed by atoms with van der Waals surface area (Å²) in [6.45, 7) is 8.73. The molecular weight excluding hydrogens is 282 g/mol. The van der Waals surface area contributed by atoms with Gasteiger partial charge in [-0.25, -0.2) is 0 Å². The molecule has 0 aliphatic carbocycles. The fourth-order valence-electron chi connectivity index (χ4n) is 3.15. The van der Waals surface area contributed by atoms with Crippen molar-refractivity contribution in [2.24, 2.45) is 0 Å². The number of nitrogens with zero attached hydrogens (tertiary/aromatic N) is 2. The molecular formula is C20H26N3. The van der Waals surface area contributed by atoms with Crippen LogP contribution in [0.15, 0.2) is 54.6 Å². The van der Waals surface area contributed by atoms with E-state index in [1.165, 1.54) is 11.3 Å². The summed E-state index contributed by atoms with van der Waals surface area (Å²) < 4.78 is 0. The Labute approximate surface area is 139 Å². The average Bonchev–Trinajstić information content (AvgIpc) is 2.63. The summed E-state index contributed by atoms with van der Waals surface area (Å²) in [5.74, 6) is 0. The average molecular weight is 308 g/mol. The number of rotatable bonds is 6. The fourth-order valence-corrected chi connectivity index (χ4v) is 3.15. The van der Waals surface area contributed by atoms with Crippen molar-refractivity contribution < 1.29 is 0 Å². The van der Waals surface area contributed by atoms with Crippen LogP contribution in [0.4, 0.5) is 5.69 Å². The maximum atomic E-state index is 3.56. The van der Waals surface area contributed by atoms with E-state index in [0.717, 1.165) is 39.3 Å². The third-order valence-corrected chi connectivity index (χ3v) is 4.59. The lowest BCUT2D eigenvalue weighted by Gasteiger charge is -2.39. The molecule has 1 heterocycles. The Balaban J connectivity index is 1.41.